The molecular formula is C19H28N4S. The van der Waals surface area contributed by atoms with E-state index >= 15 is 0 Å². The summed E-state index contributed by atoms with van der Waals surface area (Å²) in [6.07, 6.45) is 5.47. The zero-order chi connectivity index (χ0) is 16.7. The third-order valence-corrected chi connectivity index (χ3v) is 6.77. The van der Waals surface area contributed by atoms with Crippen LogP contribution in [-0.2, 0) is 6.42 Å². The molecule has 0 saturated carbocycles. The summed E-state index contributed by atoms with van der Waals surface area (Å²) in [5.74, 6) is 1.92. The average molecular weight is 345 g/mol. The topological polar surface area (TPSA) is 32.3 Å². The number of rotatable bonds is 4. The van der Waals surface area contributed by atoms with Gasteiger partial charge >= 0.3 is 0 Å². The highest BCUT2D eigenvalue weighted by Gasteiger charge is 2.44. The van der Waals surface area contributed by atoms with Crippen molar-refractivity contribution in [3.63, 3.8) is 0 Å². The number of aromatic nitrogens is 2. The van der Waals surface area contributed by atoms with Gasteiger partial charge in [0.05, 0.1) is 5.39 Å². The lowest BCUT2D eigenvalue weighted by Crippen LogP contribution is -2.32. The molecule has 4 rings (SSSR count). The molecular weight excluding hydrogens is 316 g/mol. The maximum atomic E-state index is 4.67. The van der Waals surface area contributed by atoms with Crippen molar-refractivity contribution in [3.8, 4) is 0 Å². The predicted molar refractivity (Wildman–Crippen MR) is 102 cm³/mol. The van der Waals surface area contributed by atoms with Crippen molar-refractivity contribution in [1.29, 1.82) is 0 Å². The van der Waals surface area contributed by atoms with E-state index in [1.54, 1.807) is 6.33 Å². The Morgan fingerprint density at radius 2 is 2.04 bits per heavy atom. The molecule has 2 aromatic heterocycles. The van der Waals surface area contributed by atoms with E-state index in [2.05, 4.69) is 46.6 Å². The zero-order valence-corrected chi connectivity index (χ0v) is 15.9. The quantitative estimate of drug-likeness (QED) is 0.844. The third kappa shape index (κ3) is 2.93. The van der Waals surface area contributed by atoms with Crippen molar-refractivity contribution < 1.29 is 0 Å². The summed E-state index contributed by atoms with van der Waals surface area (Å²) >= 11 is 1.82. The first-order valence-electron chi connectivity index (χ1n) is 9.29. The molecule has 2 aromatic rings. The van der Waals surface area contributed by atoms with Gasteiger partial charge in [-0.1, -0.05) is 20.8 Å². The van der Waals surface area contributed by atoms with Crippen LogP contribution in [0.3, 0.4) is 0 Å². The molecule has 0 N–H and O–H groups in total. The van der Waals surface area contributed by atoms with Crippen LogP contribution in [0.5, 0.6) is 0 Å². The van der Waals surface area contributed by atoms with Crippen molar-refractivity contribution in [2.75, 3.05) is 37.6 Å². The van der Waals surface area contributed by atoms with E-state index in [0.717, 1.165) is 36.1 Å². The predicted octanol–water partition coefficient (Wildman–Crippen LogP) is 3.81. The maximum absolute atomic E-state index is 4.67. The van der Waals surface area contributed by atoms with Crippen LogP contribution in [0.1, 0.15) is 38.5 Å². The number of thiophene rings is 1. The van der Waals surface area contributed by atoms with Crippen LogP contribution < -0.4 is 4.90 Å². The Hall–Kier alpha value is -1.20. The molecule has 1 spiro atoms. The second-order valence-corrected chi connectivity index (χ2v) is 9.15. The Morgan fingerprint density at radius 1 is 1.21 bits per heavy atom. The van der Waals surface area contributed by atoms with Gasteiger partial charge in [0.1, 0.15) is 17.0 Å². The number of aryl methyl sites for hydroxylation is 1. The fraction of sp³-hybridized carbons (Fsp3) is 0.684. The number of likely N-dealkylation sites (tertiary alicyclic amines) is 1. The van der Waals surface area contributed by atoms with Crippen LogP contribution in [-0.4, -0.2) is 47.6 Å². The first kappa shape index (κ1) is 16.3. The number of fused-ring (bicyclic) bond motifs is 1. The lowest BCUT2D eigenvalue weighted by Gasteiger charge is -2.26. The molecule has 2 aliphatic heterocycles. The summed E-state index contributed by atoms with van der Waals surface area (Å²) in [7, 11) is 0. The minimum Gasteiger partial charge on any atom is -0.355 e. The molecule has 5 heteroatoms. The minimum absolute atomic E-state index is 0.482. The Kier molecular flexibility index (Phi) is 4.25. The Balaban J connectivity index is 1.54. The molecule has 0 amide bonds. The second-order valence-electron chi connectivity index (χ2n) is 8.03. The van der Waals surface area contributed by atoms with Crippen molar-refractivity contribution >= 4 is 27.4 Å². The molecule has 2 aliphatic rings. The Labute approximate surface area is 148 Å². The highest BCUT2D eigenvalue weighted by Crippen LogP contribution is 2.42. The van der Waals surface area contributed by atoms with Crippen molar-refractivity contribution in [3.05, 3.63) is 17.3 Å². The first-order chi connectivity index (χ1) is 11.6. The minimum atomic E-state index is 0.482. The van der Waals surface area contributed by atoms with Crippen LogP contribution in [0.25, 0.3) is 10.2 Å². The summed E-state index contributed by atoms with van der Waals surface area (Å²) in [4.78, 5) is 16.9. The van der Waals surface area contributed by atoms with Crippen molar-refractivity contribution in [2.24, 2.45) is 11.3 Å². The summed E-state index contributed by atoms with van der Waals surface area (Å²) in [6.45, 7) is 12.9. The first-order valence-corrected chi connectivity index (χ1v) is 10.1. The molecule has 4 heterocycles. The van der Waals surface area contributed by atoms with Gasteiger partial charge in [0, 0.05) is 36.5 Å². The lowest BCUT2D eigenvalue weighted by molar-refractivity contribution is 0.253. The standard InChI is InChI=1S/C19H28N4S/c1-4-15-9-16-17(20-13-21-18(16)24-15)23-8-6-19(12-23)5-7-22(11-19)10-14(2)3/h9,13-14H,4-8,10-12H2,1-3H3/t19-/m1/s1. The Bertz CT molecular complexity index is 725. The van der Waals surface area contributed by atoms with Gasteiger partial charge in [0.25, 0.3) is 0 Å². The molecule has 0 radical (unpaired) electrons. The highest BCUT2D eigenvalue weighted by molar-refractivity contribution is 7.18. The fourth-order valence-corrected chi connectivity index (χ4v) is 5.40. The van der Waals surface area contributed by atoms with Gasteiger partial charge in [0.15, 0.2) is 0 Å². The molecule has 0 aliphatic carbocycles. The smallest absolute Gasteiger partial charge is 0.140 e. The molecule has 1 atom stereocenters. The Morgan fingerprint density at radius 3 is 2.83 bits per heavy atom. The summed E-state index contributed by atoms with van der Waals surface area (Å²) < 4.78 is 0. The van der Waals surface area contributed by atoms with E-state index in [9.17, 15) is 0 Å². The number of hydrogen-bond acceptors (Lipinski definition) is 5. The maximum Gasteiger partial charge on any atom is 0.140 e. The van der Waals surface area contributed by atoms with E-state index in [-0.39, 0.29) is 0 Å². The molecule has 4 nitrogen and oxygen atoms in total. The summed E-state index contributed by atoms with van der Waals surface area (Å²) in [5.41, 5.74) is 0.482. The van der Waals surface area contributed by atoms with E-state index in [1.807, 2.05) is 11.3 Å². The largest absolute Gasteiger partial charge is 0.355 e. The second kappa shape index (κ2) is 6.26. The highest BCUT2D eigenvalue weighted by atomic mass is 32.1. The number of anilines is 1. The van der Waals surface area contributed by atoms with Crippen LogP contribution in [0.2, 0.25) is 0 Å². The fourth-order valence-electron chi connectivity index (χ4n) is 4.47. The van der Waals surface area contributed by atoms with Gasteiger partial charge in [-0.3, -0.25) is 0 Å². The monoisotopic (exact) mass is 344 g/mol. The van der Waals surface area contributed by atoms with Gasteiger partial charge in [-0.2, -0.15) is 0 Å². The van der Waals surface area contributed by atoms with Crippen molar-refractivity contribution in [1.82, 2.24) is 14.9 Å². The molecule has 0 unspecified atom stereocenters. The zero-order valence-electron chi connectivity index (χ0n) is 15.1. The van der Waals surface area contributed by atoms with Gasteiger partial charge in [-0.05, 0) is 37.8 Å². The SMILES string of the molecule is CCc1cc2c(N3CC[C@@]4(CCN(CC(C)C)C4)C3)ncnc2s1. The molecule has 2 saturated heterocycles. The number of hydrogen-bond donors (Lipinski definition) is 0. The van der Waals surface area contributed by atoms with Crippen LogP contribution >= 0.6 is 11.3 Å². The van der Waals surface area contributed by atoms with E-state index in [4.69, 9.17) is 0 Å². The summed E-state index contributed by atoms with van der Waals surface area (Å²) in [6, 6.07) is 2.31. The van der Waals surface area contributed by atoms with Crippen LogP contribution in [0.15, 0.2) is 12.4 Å². The molecule has 2 fully saturated rings. The molecule has 130 valence electrons. The van der Waals surface area contributed by atoms with Crippen LogP contribution in [0, 0.1) is 11.3 Å². The third-order valence-electron chi connectivity index (χ3n) is 5.59. The van der Waals surface area contributed by atoms with Gasteiger partial charge in [-0.15, -0.1) is 11.3 Å². The van der Waals surface area contributed by atoms with Gasteiger partial charge < -0.3 is 9.80 Å². The van der Waals surface area contributed by atoms with Gasteiger partial charge in [-0.25, -0.2) is 9.97 Å². The van der Waals surface area contributed by atoms with E-state index in [0.29, 0.717) is 5.41 Å². The molecule has 0 aromatic carbocycles. The number of nitrogens with zero attached hydrogens (tertiary/aromatic N) is 4. The van der Waals surface area contributed by atoms with E-state index < -0.39 is 0 Å². The van der Waals surface area contributed by atoms with Gasteiger partial charge in [0.2, 0.25) is 0 Å². The molecule has 0 bridgehead atoms. The van der Waals surface area contributed by atoms with Crippen LogP contribution in [0.4, 0.5) is 5.82 Å². The molecule has 24 heavy (non-hydrogen) atoms. The lowest BCUT2D eigenvalue weighted by atomic mass is 9.86. The summed E-state index contributed by atoms with van der Waals surface area (Å²) in [5, 5.41) is 1.26. The average Bonchev–Trinajstić information content (AvgIpc) is 3.25. The van der Waals surface area contributed by atoms with Crippen molar-refractivity contribution in [2.45, 2.75) is 40.0 Å². The van der Waals surface area contributed by atoms with E-state index in [1.165, 1.54) is 42.7 Å². The normalized spacial score (nSPS) is 24.9.